The number of hydrogen-bond donors (Lipinski definition) is 2. The van der Waals surface area contributed by atoms with E-state index in [2.05, 4.69) is 17.1 Å². The summed E-state index contributed by atoms with van der Waals surface area (Å²) in [6.45, 7) is 2.13. The molecule has 1 aromatic carbocycles. The van der Waals surface area contributed by atoms with E-state index in [0.717, 1.165) is 35.4 Å². The van der Waals surface area contributed by atoms with Crippen molar-refractivity contribution in [1.82, 2.24) is 10.2 Å². The molecular formula is C13H17N3O. The lowest BCUT2D eigenvalue weighted by molar-refractivity contribution is 0.415. The van der Waals surface area contributed by atoms with Gasteiger partial charge in [0.2, 0.25) is 0 Å². The predicted octanol–water partition coefficient (Wildman–Crippen LogP) is 2.62. The molecule has 0 radical (unpaired) electrons. The number of aromatic nitrogens is 2. The number of hydrogen-bond acceptors (Lipinski definition) is 3. The minimum absolute atomic E-state index is 0.543. The van der Waals surface area contributed by atoms with Crippen molar-refractivity contribution < 1.29 is 4.74 Å². The first kappa shape index (κ1) is 11.5. The van der Waals surface area contributed by atoms with Crippen molar-refractivity contribution in [3.05, 3.63) is 30.0 Å². The summed E-state index contributed by atoms with van der Waals surface area (Å²) in [7, 11) is 1.66. The lowest BCUT2D eigenvalue weighted by atomic mass is 10.0. The van der Waals surface area contributed by atoms with Gasteiger partial charge < -0.3 is 10.5 Å². The highest BCUT2D eigenvalue weighted by Crippen LogP contribution is 2.30. The number of anilines is 1. The average Bonchev–Trinajstić information content (AvgIpc) is 2.71. The van der Waals surface area contributed by atoms with Gasteiger partial charge in [-0.25, -0.2) is 0 Å². The molecule has 90 valence electrons. The fraction of sp³-hybridized carbons (Fsp3) is 0.308. The molecule has 1 aromatic heterocycles. The zero-order valence-electron chi connectivity index (χ0n) is 10.2. The van der Waals surface area contributed by atoms with Crippen LogP contribution in [0.25, 0.3) is 11.1 Å². The molecule has 0 unspecified atom stereocenters. The van der Waals surface area contributed by atoms with Crippen molar-refractivity contribution in [3.63, 3.8) is 0 Å². The Labute approximate surface area is 101 Å². The lowest BCUT2D eigenvalue weighted by Crippen LogP contribution is -1.91. The molecule has 0 aliphatic carbocycles. The molecule has 4 nitrogen and oxygen atoms in total. The first-order valence-corrected chi connectivity index (χ1v) is 5.73. The topological polar surface area (TPSA) is 63.9 Å². The van der Waals surface area contributed by atoms with Gasteiger partial charge in [0.1, 0.15) is 5.75 Å². The summed E-state index contributed by atoms with van der Waals surface area (Å²) in [5, 5.41) is 7.07. The molecule has 1 heterocycles. The second kappa shape index (κ2) is 4.91. The zero-order valence-corrected chi connectivity index (χ0v) is 10.2. The van der Waals surface area contributed by atoms with Gasteiger partial charge in [0.25, 0.3) is 0 Å². The van der Waals surface area contributed by atoms with Crippen LogP contribution in [0.1, 0.15) is 19.0 Å². The molecule has 0 aliphatic heterocycles. The summed E-state index contributed by atoms with van der Waals surface area (Å²) in [4.78, 5) is 0. The predicted molar refractivity (Wildman–Crippen MR) is 69.0 cm³/mol. The molecule has 0 spiro atoms. The normalized spacial score (nSPS) is 10.5. The van der Waals surface area contributed by atoms with Crippen molar-refractivity contribution >= 4 is 5.82 Å². The smallest absolute Gasteiger partial charge is 0.153 e. The number of rotatable bonds is 4. The van der Waals surface area contributed by atoms with Crippen LogP contribution >= 0.6 is 0 Å². The maximum absolute atomic E-state index is 5.91. The quantitative estimate of drug-likeness (QED) is 0.850. The van der Waals surface area contributed by atoms with Crippen LogP contribution in [0.15, 0.2) is 24.3 Å². The SMILES string of the molecule is CCCc1[nH]nc(N)c1-c1cccc(OC)c1. The van der Waals surface area contributed by atoms with Crippen LogP contribution in [0.2, 0.25) is 0 Å². The molecule has 0 fully saturated rings. The Morgan fingerprint density at radius 3 is 2.94 bits per heavy atom. The number of aryl methyl sites for hydroxylation is 1. The summed E-state index contributed by atoms with van der Waals surface area (Å²) in [5.41, 5.74) is 9.03. The molecule has 0 atom stereocenters. The van der Waals surface area contributed by atoms with Gasteiger partial charge in [0.05, 0.1) is 7.11 Å². The molecule has 0 amide bonds. The maximum atomic E-state index is 5.91. The van der Waals surface area contributed by atoms with Crippen molar-refractivity contribution in [1.29, 1.82) is 0 Å². The first-order valence-electron chi connectivity index (χ1n) is 5.73. The fourth-order valence-corrected chi connectivity index (χ4v) is 1.93. The third kappa shape index (κ3) is 2.25. The van der Waals surface area contributed by atoms with E-state index >= 15 is 0 Å². The minimum Gasteiger partial charge on any atom is -0.497 e. The van der Waals surface area contributed by atoms with Crippen LogP contribution in [-0.4, -0.2) is 17.3 Å². The van der Waals surface area contributed by atoms with Crippen molar-refractivity contribution in [2.75, 3.05) is 12.8 Å². The number of benzene rings is 1. The molecule has 3 N–H and O–H groups in total. The van der Waals surface area contributed by atoms with Gasteiger partial charge in [0.15, 0.2) is 5.82 Å². The molecular weight excluding hydrogens is 214 g/mol. The van der Waals surface area contributed by atoms with Crippen molar-refractivity contribution in [3.8, 4) is 16.9 Å². The van der Waals surface area contributed by atoms with E-state index in [9.17, 15) is 0 Å². The van der Waals surface area contributed by atoms with E-state index < -0.39 is 0 Å². The molecule has 17 heavy (non-hydrogen) atoms. The molecule has 0 bridgehead atoms. The molecule has 0 aliphatic rings. The number of aromatic amines is 1. The van der Waals surface area contributed by atoms with Gasteiger partial charge in [-0.15, -0.1) is 0 Å². The zero-order chi connectivity index (χ0) is 12.3. The third-order valence-electron chi connectivity index (χ3n) is 2.73. The Bertz CT molecular complexity index is 505. The van der Waals surface area contributed by atoms with Crippen molar-refractivity contribution in [2.45, 2.75) is 19.8 Å². The molecule has 0 saturated carbocycles. The van der Waals surface area contributed by atoms with Gasteiger partial charge in [-0.3, -0.25) is 5.10 Å². The Morgan fingerprint density at radius 1 is 1.41 bits per heavy atom. The fourth-order valence-electron chi connectivity index (χ4n) is 1.93. The number of nitrogens with one attached hydrogen (secondary N) is 1. The van der Waals surface area contributed by atoms with Crippen LogP contribution in [0.5, 0.6) is 5.75 Å². The van der Waals surface area contributed by atoms with Crippen LogP contribution in [-0.2, 0) is 6.42 Å². The van der Waals surface area contributed by atoms with Gasteiger partial charge >= 0.3 is 0 Å². The van der Waals surface area contributed by atoms with Gasteiger partial charge in [-0.05, 0) is 24.1 Å². The van der Waals surface area contributed by atoms with E-state index in [4.69, 9.17) is 10.5 Å². The Morgan fingerprint density at radius 2 is 2.24 bits per heavy atom. The second-order valence-electron chi connectivity index (χ2n) is 3.94. The highest BCUT2D eigenvalue weighted by molar-refractivity contribution is 5.77. The number of H-pyrrole nitrogens is 1. The maximum Gasteiger partial charge on any atom is 0.153 e. The van der Waals surface area contributed by atoms with Gasteiger partial charge in [-0.2, -0.15) is 5.10 Å². The molecule has 2 aromatic rings. The Balaban J connectivity index is 2.47. The molecule has 2 rings (SSSR count). The summed E-state index contributed by atoms with van der Waals surface area (Å²) >= 11 is 0. The highest BCUT2D eigenvalue weighted by atomic mass is 16.5. The van der Waals surface area contributed by atoms with E-state index in [1.807, 2.05) is 24.3 Å². The third-order valence-corrected chi connectivity index (χ3v) is 2.73. The Kier molecular flexibility index (Phi) is 3.32. The number of ether oxygens (including phenoxy) is 1. The summed E-state index contributed by atoms with van der Waals surface area (Å²) < 4.78 is 5.22. The first-order chi connectivity index (χ1) is 8.26. The second-order valence-corrected chi connectivity index (χ2v) is 3.94. The molecule has 4 heteroatoms. The largest absolute Gasteiger partial charge is 0.497 e. The van der Waals surface area contributed by atoms with Crippen LogP contribution in [0.4, 0.5) is 5.82 Å². The van der Waals surface area contributed by atoms with Gasteiger partial charge in [-0.1, -0.05) is 25.5 Å². The number of methoxy groups -OCH3 is 1. The lowest BCUT2D eigenvalue weighted by Gasteiger charge is -2.05. The number of nitrogens with zero attached hydrogens (tertiary/aromatic N) is 1. The number of nitrogens with two attached hydrogens (primary N) is 1. The van der Waals surface area contributed by atoms with Crippen LogP contribution in [0.3, 0.4) is 0 Å². The van der Waals surface area contributed by atoms with Crippen LogP contribution in [0, 0.1) is 0 Å². The summed E-state index contributed by atoms with van der Waals surface area (Å²) in [5.74, 6) is 1.37. The van der Waals surface area contributed by atoms with E-state index in [1.54, 1.807) is 7.11 Å². The van der Waals surface area contributed by atoms with Gasteiger partial charge in [0, 0.05) is 11.3 Å². The van der Waals surface area contributed by atoms with Crippen LogP contribution < -0.4 is 10.5 Å². The average molecular weight is 231 g/mol. The van der Waals surface area contributed by atoms with E-state index in [0.29, 0.717) is 5.82 Å². The van der Waals surface area contributed by atoms with E-state index in [-0.39, 0.29) is 0 Å². The monoisotopic (exact) mass is 231 g/mol. The standard InChI is InChI=1S/C13H17N3O/c1-3-5-11-12(13(14)16-15-11)9-6-4-7-10(8-9)17-2/h4,6-8H,3,5H2,1-2H3,(H3,14,15,16). The minimum atomic E-state index is 0.543. The number of nitrogen functional groups attached to an aromatic ring is 1. The summed E-state index contributed by atoms with van der Waals surface area (Å²) in [6, 6.07) is 7.86. The summed E-state index contributed by atoms with van der Waals surface area (Å²) in [6.07, 6.45) is 2.00. The van der Waals surface area contributed by atoms with Crippen molar-refractivity contribution in [2.24, 2.45) is 0 Å². The van der Waals surface area contributed by atoms with E-state index in [1.165, 1.54) is 0 Å². The molecule has 0 saturated heterocycles. The Hall–Kier alpha value is -1.97. The highest BCUT2D eigenvalue weighted by Gasteiger charge is 2.12.